The first-order valence-electron chi connectivity index (χ1n) is 9.82. The first kappa shape index (κ1) is 19.8. The van der Waals surface area contributed by atoms with E-state index in [2.05, 4.69) is 15.1 Å². The Morgan fingerprint density at radius 2 is 1.97 bits per heavy atom. The minimum atomic E-state index is -3.47. The zero-order valence-corrected chi connectivity index (χ0v) is 17.5. The molecule has 1 atom stereocenters. The van der Waals surface area contributed by atoms with Crippen molar-refractivity contribution in [2.24, 2.45) is 0 Å². The Morgan fingerprint density at radius 3 is 2.68 bits per heavy atom. The van der Waals surface area contributed by atoms with Crippen LogP contribution >= 0.6 is 0 Å². The summed E-state index contributed by atoms with van der Waals surface area (Å²) in [5, 5.41) is 3.99. The van der Waals surface area contributed by atoms with Crippen molar-refractivity contribution in [1.82, 2.24) is 20.0 Å². The lowest BCUT2D eigenvalue weighted by atomic mass is 9.82. The van der Waals surface area contributed by atoms with Crippen LogP contribution in [0.5, 0.6) is 0 Å². The molecule has 2 saturated heterocycles. The molecule has 0 aliphatic carbocycles. The van der Waals surface area contributed by atoms with Gasteiger partial charge in [0.2, 0.25) is 11.7 Å². The van der Waals surface area contributed by atoms with E-state index in [1.165, 1.54) is 17.0 Å². The average Bonchev–Trinajstić information content (AvgIpc) is 3.31. The number of benzene rings is 1. The van der Waals surface area contributed by atoms with E-state index in [-0.39, 0.29) is 30.3 Å². The molecule has 4 heterocycles. The highest BCUT2D eigenvalue weighted by molar-refractivity contribution is 7.93. The predicted octanol–water partition coefficient (Wildman–Crippen LogP) is 2.38. The van der Waals surface area contributed by atoms with Gasteiger partial charge in [-0.15, -0.1) is 0 Å². The van der Waals surface area contributed by atoms with E-state index >= 15 is 0 Å². The first-order valence-corrected chi connectivity index (χ1v) is 11.5. The summed E-state index contributed by atoms with van der Waals surface area (Å²) in [6.45, 7) is 1.64. The van der Waals surface area contributed by atoms with Crippen LogP contribution in [0.1, 0.15) is 34.2 Å². The number of halogens is 1. The van der Waals surface area contributed by atoms with Crippen molar-refractivity contribution in [1.29, 1.82) is 0 Å². The maximum absolute atomic E-state index is 13.9. The molecule has 2 aliphatic rings. The highest BCUT2D eigenvalue weighted by Crippen LogP contribution is 2.50. The molecular formula is C21H19FN4O4S. The summed E-state index contributed by atoms with van der Waals surface area (Å²) in [6, 6.07) is 7.74. The minimum Gasteiger partial charge on any atom is -0.339 e. The Bertz CT molecular complexity index is 1270. The summed E-state index contributed by atoms with van der Waals surface area (Å²) in [5.74, 6) is -0.762. The number of likely N-dealkylation sites (tertiary alicyclic amines) is 1. The van der Waals surface area contributed by atoms with Crippen LogP contribution < -0.4 is 0 Å². The normalized spacial score (nSPS) is 21.2. The number of rotatable bonds is 3. The summed E-state index contributed by atoms with van der Waals surface area (Å²) in [4.78, 5) is 22.6. The Hall–Kier alpha value is -3.14. The van der Waals surface area contributed by atoms with Crippen LogP contribution in [-0.2, 0) is 9.84 Å². The average molecular weight is 442 g/mol. The topological polar surface area (TPSA) is 106 Å². The second-order valence-electron chi connectivity index (χ2n) is 8.04. The monoisotopic (exact) mass is 442 g/mol. The lowest BCUT2D eigenvalue weighted by Gasteiger charge is -2.49. The number of nitrogens with zero attached hydrogens (tertiary/aromatic N) is 4. The predicted molar refractivity (Wildman–Crippen MR) is 108 cm³/mol. The van der Waals surface area contributed by atoms with Crippen LogP contribution in [0.2, 0.25) is 0 Å². The zero-order chi connectivity index (χ0) is 21.8. The van der Waals surface area contributed by atoms with E-state index in [9.17, 15) is 17.6 Å². The Kier molecular flexibility index (Phi) is 4.44. The highest BCUT2D eigenvalue weighted by Gasteiger charge is 2.64. The first-order chi connectivity index (χ1) is 14.8. The summed E-state index contributed by atoms with van der Waals surface area (Å²) < 4.78 is 44.0. The standard InChI is InChI=1S/C21H19FN4O4S/c1-13-2-3-15(10-17(13)22)20(27)26-11-21(12-26)16(6-9-31(21,28)29)19-24-18(25-30-19)14-4-7-23-8-5-14/h2-5,7-8,10,16H,6,9,11-12H2,1H3. The van der Waals surface area contributed by atoms with Gasteiger partial charge in [0.25, 0.3) is 5.91 Å². The number of hydrogen-bond acceptors (Lipinski definition) is 7. The Labute approximate surface area is 178 Å². The number of carbonyl (C=O) groups excluding carboxylic acids is 1. The van der Waals surface area contributed by atoms with Crippen molar-refractivity contribution in [3.8, 4) is 11.4 Å². The van der Waals surface area contributed by atoms with Crippen molar-refractivity contribution >= 4 is 15.7 Å². The number of aromatic nitrogens is 3. The van der Waals surface area contributed by atoms with Gasteiger partial charge in [0.15, 0.2) is 9.84 Å². The largest absolute Gasteiger partial charge is 0.339 e. The molecule has 5 rings (SSSR count). The lowest BCUT2D eigenvalue weighted by Crippen LogP contribution is -2.67. The second-order valence-corrected chi connectivity index (χ2v) is 10.5. The zero-order valence-electron chi connectivity index (χ0n) is 16.7. The summed E-state index contributed by atoms with van der Waals surface area (Å²) in [6.07, 6.45) is 3.56. The third-order valence-corrected chi connectivity index (χ3v) is 8.79. The van der Waals surface area contributed by atoms with Gasteiger partial charge in [-0.1, -0.05) is 11.2 Å². The van der Waals surface area contributed by atoms with Crippen LogP contribution in [0.15, 0.2) is 47.2 Å². The molecule has 2 aromatic heterocycles. The number of aryl methyl sites for hydroxylation is 1. The molecule has 0 N–H and O–H groups in total. The van der Waals surface area contributed by atoms with Gasteiger partial charge in [0.1, 0.15) is 10.6 Å². The van der Waals surface area contributed by atoms with E-state index < -0.39 is 32.2 Å². The van der Waals surface area contributed by atoms with Crippen LogP contribution in [-0.4, -0.2) is 57.9 Å². The molecule has 1 unspecified atom stereocenters. The van der Waals surface area contributed by atoms with Crippen molar-refractivity contribution in [3.05, 3.63) is 65.6 Å². The van der Waals surface area contributed by atoms with Gasteiger partial charge in [-0.05, 0) is 43.2 Å². The van der Waals surface area contributed by atoms with Crippen LogP contribution in [0, 0.1) is 12.7 Å². The van der Waals surface area contributed by atoms with E-state index in [4.69, 9.17) is 4.52 Å². The molecule has 2 aliphatic heterocycles. The maximum atomic E-state index is 13.9. The Morgan fingerprint density at radius 1 is 1.23 bits per heavy atom. The molecule has 1 spiro atoms. The van der Waals surface area contributed by atoms with Gasteiger partial charge in [-0.3, -0.25) is 9.78 Å². The van der Waals surface area contributed by atoms with Gasteiger partial charge in [0, 0.05) is 36.6 Å². The van der Waals surface area contributed by atoms with Gasteiger partial charge in [-0.25, -0.2) is 12.8 Å². The van der Waals surface area contributed by atoms with Crippen LogP contribution in [0.25, 0.3) is 11.4 Å². The van der Waals surface area contributed by atoms with E-state index in [1.54, 1.807) is 37.5 Å². The highest BCUT2D eigenvalue weighted by atomic mass is 32.2. The fourth-order valence-electron chi connectivity index (χ4n) is 4.37. The molecule has 2 fully saturated rings. The maximum Gasteiger partial charge on any atom is 0.254 e. The summed E-state index contributed by atoms with van der Waals surface area (Å²) in [7, 11) is -3.47. The molecule has 8 nitrogen and oxygen atoms in total. The summed E-state index contributed by atoms with van der Waals surface area (Å²) >= 11 is 0. The molecule has 1 amide bonds. The number of carbonyl (C=O) groups is 1. The van der Waals surface area contributed by atoms with Gasteiger partial charge in [-0.2, -0.15) is 4.98 Å². The van der Waals surface area contributed by atoms with Crippen molar-refractivity contribution in [2.45, 2.75) is 24.0 Å². The SMILES string of the molecule is Cc1ccc(C(=O)N2CC3(C2)C(c2nc(-c4ccncc4)no2)CCS3(=O)=O)cc1F. The third-order valence-electron chi connectivity index (χ3n) is 6.23. The fourth-order valence-corrected chi connectivity index (χ4v) is 6.68. The lowest BCUT2D eigenvalue weighted by molar-refractivity contribution is 0.0503. The molecule has 31 heavy (non-hydrogen) atoms. The summed E-state index contributed by atoms with van der Waals surface area (Å²) in [5.41, 5.74) is 1.35. The van der Waals surface area contributed by atoms with E-state index in [1.807, 2.05) is 0 Å². The quantitative estimate of drug-likeness (QED) is 0.613. The molecule has 0 radical (unpaired) electrons. The molecule has 1 aromatic carbocycles. The molecule has 0 saturated carbocycles. The van der Waals surface area contributed by atoms with Crippen molar-refractivity contribution in [3.63, 3.8) is 0 Å². The number of pyridine rings is 1. The minimum absolute atomic E-state index is 0.00811. The number of amides is 1. The van der Waals surface area contributed by atoms with Crippen molar-refractivity contribution in [2.75, 3.05) is 18.8 Å². The molecule has 3 aromatic rings. The van der Waals surface area contributed by atoms with Crippen molar-refractivity contribution < 1.29 is 22.1 Å². The third kappa shape index (κ3) is 3.04. The Balaban J connectivity index is 1.41. The van der Waals surface area contributed by atoms with Gasteiger partial charge in [0.05, 0.1) is 11.7 Å². The second kappa shape index (κ2) is 6.94. The fraction of sp³-hybridized carbons (Fsp3) is 0.333. The van der Waals surface area contributed by atoms with Gasteiger partial charge >= 0.3 is 0 Å². The molecule has 0 bridgehead atoms. The van der Waals surface area contributed by atoms with E-state index in [0.29, 0.717) is 23.4 Å². The number of hydrogen-bond donors (Lipinski definition) is 0. The smallest absolute Gasteiger partial charge is 0.254 e. The van der Waals surface area contributed by atoms with Gasteiger partial charge < -0.3 is 9.42 Å². The number of sulfone groups is 1. The molecular weight excluding hydrogens is 423 g/mol. The van der Waals surface area contributed by atoms with Crippen LogP contribution in [0.3, 0.4) is 0 Å². The molecule has 160 valence electrons. The molecule has 10 heteroatoms. The van der Waals surface area contributed by atoms with Crippen LogP contribution in [0.4, 0.5) is 4.39 Å². The van der Waals surface area contributed by atoms with E-state index in [0.717, 1.165) is 0 Å².